The molecule has 8 nitrogen and oxygen atoms in total. The second kappa shape index (κ2) is 8.14. The lowest BCUT2D eigenvalue weighted by atomic mass is 10.0. The minimum Gasteiger partial charge on any atom is -0.497 e. The van der Waals surface area contributed by atoms with E-state index in [1.807, 2.05) is 6.07 Å². The third kappa shape index (κ3) is 4.21. The van der Waals surface area contributed by atoms with Crippen molar-refractivity contribution >= 4 is 11.8 Å². The topological polar surface area (TPSA) is 96.6 Å². The summed E-state index contributed by atoms with van der Waals surface area (Å²) in [5, 5.41) is 10.1. The smallest absolute Gasteiger partial charge is 0.271 e. The molecule has 2 aromatic rings. The Labute approximate surface area is 169 Å². The number of H-pyrrole nitrogens is 1. The van der Waals surface area contributed by atoms with E-state index >= 15 is 0 Å². The maximum absolute atomic E-state index is 12.9. The SMILES string of the molecule is COc1ccc(C(=O)N2CCC(NC(=O)c3cc(C4CC4)[nH]n3)CC2)c(OC)c1. The fourth-order valence-electron chi connectivity index (χ4n) is 3.69. The number of aromatic amines is 1. The maximum Gasteiger partial charge on any atom is 0.271 e. The standard InChI is InChI=1S/C21H26N4O4/c1-28-15-5-6-16(19(11-15)29-2)21(27)25-9-7-14(8-10-25)22-20(26)18-12-17(23-24-18)13-3-4-13/h5-6,11-14H,3-4,7-10H2,1-2H3,(H,22,26)(H,23,24). The minimum absolute atomic E-state index is 0.0328. The number of rotatable bonds is 6. The molecule has 0 bridgehead atoms. The molecule has 1 aliphatic heterocycles. The van der Waals surface area contributed by atoms with Crippen LogP contribution < -0.4 is 14.8 Å². The van der Waals surface area contributed by atoms with Gasteiger partial charge >= 0.3 is 0 Å². The van der Waals surface area contributed by atoms with Crippen LogP contribution in [0.1, 0.15) is 58.1 Å². The first-order valence-corrected chi connectivity index (χ1v) is 9.96. The Balaban J connectivity index is 1.32. The molecular formula is C21H26N4O4. The first-order chi connectivity index (χ1) is 14.1. The van der Waals surface area contributed by atoms with E-state index in [1.54, 1.807) is 30.2 Å². The molecule has 2 aliphatic rings. The molecule has 1 aromatic carbocycles. The van der Waals surface area contributed by atoms with E-state index in [9.17, 15) is 9.59 Å². The van der Waals surface area contributed by atoms with Gasteiger partial charge in [0.15, 0.2) is 0 Å². The first kappa shape index (κ1) is 19.3. The summed E-state index contributed by atoms with van der Waals surface area (Å²) in [7, 11) is 3.11. The van der Waals surface area contributed by atoms with E-state index in [2.05, 4.69) is 15.5 Å². The molecule has 0 spiro atoms. The number of carbonyl (C=O) groups is 2. The Bertz CT molecular complexity index is 898. The molecule has 1 aliphatic carbocycles. The molecule has 0 atom stereocenters. The van der Waals surface area contributed by atoms with Crippen LogP contribution in [0.4, 0.5) is 0 Å². The van der Waals surface area contributed by atoms with Crippen LogP contribution in [-0.2, 0) is 0 Å². The molecule has 4 rings (SSSR count). The van der Waals surface area contributed by atoms with E-state index in [-0.39, 0.29) is 17.9 Å². The Hall–Kier alpha value is -3.03. The Kier molecular flexibility index (Phi) is 5.42. The van der Waals surface area contributed by atoms with Crippen LogP contribution >= 0.6 is 0 Å². The van der Waals surface area contributed by atoms with Gasteiger partial charge in [-0.25, -0.2) is 0 Å². The van der Waals surface area contributed by atoms with Gasteiger partial charge in [-0.2, -0.15) is 5.10 Å². The molecule has 2 fully saturated rings. The second-order valence-electron chi connectivity index (χ2n) is 7.59. The Morgan fingerprint density at radius 1 is 1.10 bits per heavy atom. The summed E-state index contributed by atoms with van der Waals surface area (Å²) in [5.41, 5.74) is 2.00. The summed E-state index contributed by atoms with van der Waals surface area (Å²) in [6.07, 6.45) is 3.73. The van der Waals surface area contributed by atoms with E-state index in [0.29, 0.717) is 54.6 Å². The van der Waals surface area contributed by atoms with Gasteiger partial charge in [-0.3, -0.25) is 14.7 Å². The number of benzene rings is 1. The van der Waals surface area contributed by atoms with Crippen molar-refractivity contribution in [2.75, 3.05) is 27.3 Å². The van der Waals surface area contributed by atoms with Gasteiger partial charge in [0.25, 0.3) is 11.8 Å². The molecule has 29 heavy (non-hydrogen) atoms. The van der Waals surface area contributed by atoms with Gasteiger partial charge in [0.05, 0.1) is 19.8 Å². The summed E-state index contributed by atoms with van der Waals surface area (Å²) in [4.78, 5) is 27.2. The minimum atomic E-state index is -0.158. The van der Waals surface area contributed by atoms with Crippen LogP contribution in [0.15, 0.2) is 24.3 Å². The zero-order valence-corrected chi connectivity index (χ0v) is 16.7. The van der Waals surface area contributed by atoms with Gasteiger partial charge in [0.1, 0.15) is 17.2 Å². The fraction of sp³-hybridized carbons (Fsp3) is 0.476. The van der Waals surface area contributed by atoms with E-state index in [0.717, 1.165) is 18.5 Å². The number of carbonyl (C=O) groups excluding carboxylic acids is 2. The Morgan fingerprint density at radius 2 is 1.86 bits per heavy atom. The Morgan fingerprint density at radius 3 is 2.52 bits per heavy atom. The van der Waals surface area contributed by atoms with Crippen LogP contribution in [0.3, 0.4) is 0 Å². The highest BCUT2D eigenvalue weighted by Crippen LogP contribution is 2.39. The highest BCUT2D eigenvalue weighted by molar-refractivity contribution is 5.97. The number of ether oxygens (including phenoxy) is 2. The number of hydrogen-bond donors (Lipinski definition) is 2. The molecule has 2 amide bonds. The monoisotopic (exact) mass is 398 g/mol. The van der Waals surface area contributed by atoms with E-state index in [1.165, 1.54) is 7.11 Å². The van der Waals surface area contributed by atoms with Gasteiger partial charge in [-0.05, 0) is 43.9 Å². The number of likely N-dealkylation sites (tertiary alicyclic amines) is 1. The van der Waals surface area contributed by atoms with Crippen molar-refractivity contribution in [2.45, 2.75) is 37.6 Å². The number of piperidine rings is 1. The van der Waals surface area contributed by atoms with Crippen molar-refractivity contribution < 1.29 is 19.1 Å². The number of aromatic nitrogens is 2. The predicted octanol–water partition coefficient (Wildman–Crippen LogP) is 2.34. The predicted molar refractivity (Wildman–Crippen MR) is 107 cm³/mol. The molecular weight excluding hydrogens is 372 g/mol. The molecule has 154 valence electrons. The van der Waals surface area contributed by atoms with Crippen molar-refractivity contribution in [3.05, 3.63) is 41.2 Å². The lowest BCUT2D eigenvalue weighted by Crippen LogP contribution is -2.46. The second-order valence-corrected chi connectivity index (χ2v) is 7.59. The number of nitrogens with zero attached hydrogens (tertiary/aromatic N) is 2. The first-order valence-electron chi connectivity index (χ1n) is 9.96. The summed E-state index contributed by atoms with van der Waals surface area (Å²) in [6, 6.07) is 7.07. The van der Waals surface area contributed by atoms with Gasteiger partial charge in [0, 0.05) is 36.8 Å². The van der Waals surface area contributed by atoms with Gasteiger partial charge in [-0.1, -0.05) is 0 Å². The fourth-order valence-corrected chi connectivity index (χ4v) is 3.69. The lowest BCUT2D eigenvalue weighted by Gasteiger charge is -2.32. The normalized spacial score (nSPS) is 17.1. The average Bonchev–Trinajstić information content (AvgIpc) is 3.49. The van der Waals surface area contributed by atoms with Crippen LogP contribution in [0, 0.1) is 0 Å². The van der Waals surface area contributed by atoms with Crippen molar-refractivity contribution in [1.29, 1.82) is 0 Å². The average molecular weight is 398 g/mol. The highest BCUT2D eigenvalue weighted by atomic mass is 16.5. The lowest BCUT2D eigenvalue weighted by molar-refractivity contribution is 0.0694. The van der Waals surface area contributed by atoms with Crippen molar-refractivity contribution in [1.82, 2.24) is 20.4 Å². The van der Waals surface area contributed by atoms with Crippen LogP contribution in [0.5, 0.6) is 11.5 Å². The molecule has 1 aromatic heterocycles. The third-order valence-corrected chi connectivity index (χ3v) is 5.60. The molecule has 2 N–H and O–H groups in total. The van der Waals surface area contributed by atoms with Crippen LogP contribution in [0.25, 0.3) is 0 Å². The van der Waals surface area contributed by atoms with Gasteiger partial charge in [0.2, 0.25) is 0 Å². The zero-order valence-electron chi connectivity index (χ0n) is 16.7. The molecule has 1 saturated heterocycles. The van der Waals surface area contributed by atoms with Crippen LogP contribution in [0.2, 0.25) is 0 Å². The summed E-state index contributed by atoms with van der Waals surface area (Å²) < 4.78 is 10.5. The molecule has 1 saturated carbocycles. The van der Waals surface area contributed by atoms with Crippen molar-refractivity contribution in [3.63, 3.8) is 0 Å². The third-order valence-electron chi connectivity index (χ3n) is 5.60. The highest BCUT2D eigenvalue weighted by Gasteiger charge is 2.29. The summed E-state index contributed by atoms with van der Waals surface area (Å²) in [5.74, 6) is 1.44. The molecule has 8 heteroatoms. The van der Waals surface area contributed by atoms with Crippen molar-refractivity contribution in [3.8, 4) is 11.5 Å². The van der Waals surface area contributed by atoms with E-state index in [4.69, 9.17) is 9.47 Å². The molecule has 0 radical (unpaired) electrons. The van der Waals surface area contributed by atoms with Gasteiger partial charge < -0.3 is 19.7 Å². The van der Waals surface area contributed by atoms with E-state index < -0.39 is 0 Å². The number of amides is 2. The van der Waals surface area contributed by atoms with Crippen molar-refractivity contribution in [2.24, 2.45) is 0 Å². The summed E-state index contributed by atoms with van der Waals surface area (Å²) >= 11 is 0. The summed E-state index contributed by atoms with van der Waals surface area (Å²) in [6.45, 7) is 1.15. The molecule has 0 unspecified atom stereocenters. The van der Waals surface area contributed by atoms with Gasteiger partial charge in [-0.15, -0.1) is 0 Å². The largest absolute Gasteiger partial charge is 0.497 e. The van der Waals surface area contributed by atoms with Crippen LogP contribution in [-0.4, -0.2) is 60.3 Å². The quantitative estimate of drug-likeness (QED) is 0.779. The number of hydrogen-bond acceptors (Lipinski definition) is 5. The molecule has 2 heterocycles. The maximum atomic E-state index is 12.9. The number of methoxy groups -OCH3 is 2. The zero-order chi connectivity index (χ0) is 20.4. The number of nitrogens with one attached hydrogen (secondary N) is 2.